The average molecular weight is 377 g/mol. The SMILES string of the molecule is COc1ccccc1N1CCN(CCCc2nncn2-c2ccccc2)CC1. The fourth-order valence-corrected chi connectivity index (χ4v) is 3.80. The van der Waals surface area contributed by atoms with Gasteiger partial charge in [-0.3, -0.25) is 9.47 Å². The molecule has 28 heavy (non-hydrogen) atoms. The van der Waals surface area contributed by atoms with E-state index in [1.54, 1.807) is 13.4 Å². The highest BCUT2D eigenvalue weighted by atomic mass is 16.5. The van der Waals surface area contributed by atoms with Crippen molar-refractivity contribution in [3.05, 3.63) is 66.7 Å². The third-order valence-corrected chi connectivity index (χ3v) is 5.33. The molecule has 1 aromatic heterocycles. The summed E-state index contributed by atoms with van der Waals surface area (Å²) in [7, 11) is 1.74. The lowest BCUT2D eigenvalue weighted by Crippen LogP contribution is -2.46. The molecular weight excluding hydrogens is 350 g/mol. The molecule has 0 aliphatic carbocycles. The number of benzene rings is 2. The van der Waals surface area contributed by atoms with E-state index in [1.807, 2.05) is 30.3 Å². The summed E-state index contributed by atoms with van der Waals surface area (Å²) < 4.78 is 7.59. The lowest BCUT2D eigenvalue weighted by atomic mass is 10.2. The first kappa shape index (κ1) is 18.5. The number of nitrogens with zero attached hydrogens (tertiary/aromatic N) is 5. The van der Waals surface area contributed by atoms with Gasteiger partial charge in [0.2, 0.25) is 0 Å². The Morgan fingerprint density at radius 1 is 0.929 bits per heavy atom. The van der Waals surface area contributed by atoms with E-state index in [-0.39, 0.29) is 0 Å². The van der Waals surface area contributed by atoms with Gasteiger partial charge in [-0.15, -0.1) is 10.2 Å². The first-order chi connectivity index (χ1) is 13.8. The van der Waals surface area contributed by atoms with Crippen molar-refractivity contribution < 1.29 is 4.74 Å². The fraction of sp³-hybridized carbons (Fsp3) is 0.364. The molecule has 1 aliphatic rings. The molecule has 146 valence electrons. The molecule has 0 N–H and O–H groups in total. The molecular formula is C22H27N5O. The Balaban J connectivity index is 1.27. The van der Waals surface area contributed by atoms with E-state index in [0.29, 0.717) is 0 Å². The molecule has 6 heteroatoms. The number of aromatic nitrogens is 3. The quantitative estimate of drug-likeness (QED) is 0.633. The van der Waals surface area contributed by atoms with Crippen LogP contribution in [0.1, 0.15) is 12.2 Å². The Hall–Kier alpha value is -2.86. The largest absolute Gasteiger partial charge is 0.495 e. The highest BCUT2D eigenvalue weighted by Crippen LogP contribution is 2.28. The van der Waals surface area contributed by atoms with Crippen molar-refractivity contribution in [2.45, 2.75) is 12.8 Å². The molecule has 0 spiro atoms. The van der Waals surface area contributed by atoms with Crippen LogP contribution < -0.4 is 9.64 Å². The summed E-state index contributed by atoms with van der Waals surface area (Å²) in [6, 6.07) is 18.6. The van der Waals surface area contributed by atoms with E-state index in [1.165, 1.54) is 5.69 Å². The second-order valence-electron chi connectivity index (χ2n) is 7.06. The normalized spacial score (nSPS) is 15.0. The molecule has 1 fully saturated rings. The Morgan fingerprint density at radius 3 is 2.46 bits per heavy atom. The van der Waals surface area contributed by atoms with Crippen LogP contribution in [0.5, 0.6) is 5.75 Å². The maximum Gasteiger partial charge on any atom is 0.142 e. The molecule has 0 atom stereocenters. The van der Waals surface area contributed by atoms with E-state index in [4.69, 9.17) is 4.74 Å². The molecule has 0 unspecified atom stereocenters. The van der Waals surface area contributed by atoms with Gasteiger partial charge in [-0.1, -0.05) is 30.3 Å². The standard InChI is InChI=1S/C22H27N5O/c1-28-21-11-6-5-10-20(21)26-16-14-25(15-17-26)13-7-12-22-24-23-18-27(22)19-8-3-2-4-9-19/h2-6,8-11,18H,7,12-17H2,1H3. The van der Waals surface area contributed by atoms with Gasteiger partial charge >= 0.3 is 0 Å². The van der Waals surface area contributed by atoms with Crippen LogP contribution >= 0.6 is 0 Å². The van der Waals surface area contributed by atoms with Crippen molar-refractivity contribution in [2.24, 2.45) is 0 Å². The van der Waals surface area contributed by atoms with Crippen LogP contribution in [0.2, 0.25) is 0 Å². The highest BCUT2D eigenvalue weighted by molar-refractivity contribution is 5.58. The summed E-state index contributed by atoms with van der Waals surface area (Å²) in [6.07, 6.45) is 3.82. The van der Waals surface area contributed by atoms with Crippen molar-refractivity contribution in [1.82, 2.24) is 19.7 Å². The summed E-state index contributed by atoms with van der Waals surface area (Å²) in [5.41, 5.74) is 2.31. The van der Waals surface area contributed by atoms with Crippen LogP contribution in [-0.2, 0) is 6.42 Å². The molecule has 1 aliphatic heterocycles. The fourth-order valence-electron chi connectivity index (χ4n) is 3.80. The smallest absolute Gasteiger partial charge is 0.142 e. The van der Waals surface area contributed by atoms with Gasteiger partial charge in [0, 0.05) is 38.3 Å². The number of aryl methyl sites for hydroxylation is 1. The van der Waals surface area contributed by atoms with Gasteiger partial charge in [0.1, 0.15) is 17.9 Å². The maximum atomic E-state index is 5.51. The van der Waals surface area contributed by atoms with E-state index >= 15 is 0 Å². The molecule has 0 bridgehead atoms. The zero-order valence-corrected chi connectivity index (χ0v) is 16.4. The van der Waals surface area contributed by atoms with Crippen molar-refractivity contribution in [3.63, 3.8) is 0 Å². The van der Waals surface area contributed by atoms with E-state index < -0.39 is 0 Å². The monoisotopic (exact) mass is 377 g/mol. The lowest BCUT2D eigenvalue weighted by molar-refractivity contribution is 0.253. The number of hydrogen-bond donors (Lipinski definition) is 0. The van der Waals surface area contributed by atoms with E-state index in [2.05, 4.69) is 48.8 Å². The molecule has 0 radical (unpaired) electrons. The number of piperazine rings is 1. The number of methoxy groups -OCH3 is 1. The Morgan fingerprint density at radius 2 is 1.68 bits per heavy atom. The van der Waals surface area contributed by atoms with Crippen LogP contribution in [0.3, 0.4) is 0 Å². The molecule has 2 heterocycles. The van der Waals surface area contributed by atoms with Gasteiger partial charge in [0.15, 0.2) is 0 Å². The van der Waals surface area contributed by atoms with Crippen LogP contribution in [0, 0.1) is 0 Å². The third kappa shape index (κ3) is 4.17. The van der Waals surface area contributed by atoms with Gasteiger partial charge in [0.05, 0.1) is 12.8 Å². The Labute approximate surface area is 166 Å². The molecule has 1 saturated heterocycles. The summed E-state index contributed by atoms with van der Waals surface area (Å²) in [5, 5.41) is 8.42. The average Bonchev–Trinajstić information content (AvgIpc) is 3.23. The highest BCUT2D eigenvalue weighted by Gasteiger charge is 2.19. The minimum Gasteiger partial charge on any atom is -0.495 e. The third-order valence-electron chi connectivity index (χ3n) is 5.33. The van der Waals surface area contributed by atoms with Gasteiger partial charge < -0.3 is 9.64 Å². The van der Waals surface area contributed by atoms with Gasteiger partial charge in [-0.2, -0.15) is 0 Å². The van der Waals surface area contributed by atoms with Gasteiger partial charge in [-0.25, -0.2) is 0 Å². The molecule has 3 aromatic rings. The minimum absolute atomic E-state index is 0.932. The summed E-state index contributed by atoms with van der Waals surface area (Å²) in [6.45, 7) is 5.29. The Bertz CT molecular complexity index is 871. The number of rotatable bonds is 7. The number of para-hydroxylation sites is 3. The zero-order valence-electron chi connectivity index (χ0n) is 16.4. The molecule has 0 saturated carbocycles. The van der Waals surface area contributed by atoms with Crippen molar-refractivity contribution >= 4 is 5.69 Å². The summed E-state index contributed by atoms with van der Waals surface area (Å²) in [4.78, 5) is 4.95. The van der Waals surface area contributed by atoms with Gasteiger partial charge in [-0.05, 0) is 37.2 Å². The van der Waals surface area contributed by atoms with Gasteiger partial charge in [0.25, 0.3) is 0 Å². The molecule has 4 rings (SSSR count). The molecule has 0 amide bonds. The number of hydrogen-bond acceptors (Lipinski definition) is 5. The number of anilines is 1. The maximum absolute atomic E-state index is 5.51. The second-order valence-corrected chi connectivity index (χ2v) is 7.06. The summed E-state index contributed by atoms with van der Waals surface area (Å²) >= 11 is 0. The zero-order chi connectivity index (χ0) is 19.2. The lowest BCUT2D eigenvalue weighted by Gasteiger charge is -2.36. The topological polar surface area (TPSA) is 46.4 Å². The van der Waals surface area contributed by atoms with Crippen LogP contribution in [0.25, 0.3) is 5.69 Å². The number of ether oxygens (including phenoxy) is 1. The first-order valence-corrected chi connectivity index (χ1v) is 9.90. The molecule has 2 aromatic carbocycles. The predicted molar refractivity (Wildman–Crippen MR) is 111 cm³/mol. The minimum atomic E-state index is 0.932. The van der Waals surface area contributed by atoms with Crippen LogP contribution in [0.15, 0.2) is 60.9 Å². The van der Waals surface area contributed by atoms with E-state index in [9.17, 15) is 0 Å². The van der Waals surface area contributed by atoms with Crippen molar-refractivity contribution in [2.75, 3.05) is 44.7 Å². The van der Waals surface area contributed by atoms with E-state index in [0.717, 1.165) is 62.8 Å². The second kappa shape index (κ2) is 8.89. The van der Waals surface area contributed by atoms with Crippen LogP contribution in [0.4, 0.5) is 5.69 Å². The Kier molecular flexibility index (Phi) is 5.87. The summed E-state index contributed by atoms with van der Waals surface area (Å²) in [5.74, 6) is 1.98. The van der Waals surface area contributed by atoms with Crippen molar-refractivity contribution in [1.29, 1.82) is 0 Å². The van der Waals surface area contributed by atoms with Crippen LogP contribution in [-0.4, -0.2) is 59.5 Å². The van der Waals surface area contributed by atoms with Crippen molar-refractivity contribution in [3.8, 4) is 11.4 Å². The predicted octanol–water partition coefficient (Wildman–Crippen LogP) is 3.03. The molecule has 6 nitrogen and oxygen atoms in total. The first-order valence-electron chi connectivity index (χ1n) is 9.90.